The van der Waals surface area contributed by atoms with Gasteiger partial charge in [-0.05, 0) is 30.5 Å². The second kappa shape index (κ2) is 11.6. The van der Waals surface area contributed by atoms with Crippen LogP contribution in [0.1, 0.15) is 30.6 Å². The van der Waals surface area contributed by atoms with Crippen LogP contribution in [0.4, 0.5) is 36.4 Å². The number of halogens is 7. The van der Waals surface area contributed by atoms with Crippen molar-refractivity contribution in [2.24, 2.45) is 0 Å². The number of H-pyrrole nitrogens is 1. The fraction of sp³-hybridized carbons (Fsp3) is 0.320. The van der Waals surface area contributed by atoms with Crippen LogP contribution in [0.15, 0.2) is 52.6 Å². The number of nitrogens with zero attached hydrogens (tertiary/aromatic N) is 4. The van der Waals surface area contributed by atoms with Gasteiger partial charge in [-0.25, -0.2) is 32.6 Å². The molecule has 16 heteroatoms. The lowest BCUT2D eigenvalue weighted by Gasteiger charge is -2.20. The number of anilines is 1. The Morgan fingerprint density at radius 1 is 1.10 bits per heavy atom. The molecule has 3 aromatic heterocycles. The summed E-state index contributed by atoms with van der Waals surface area (Å²) in [5, 5.41) is 17.0. The van der Waals surface area contributed by atoms with Crippen molar-refractivity contribution in [2.45, 2.75) is 50.8 Å². The van der Waals surface area contributed by atoms with E-state index in [1.807, 2.05) is 0 Å². The molecule has 1 aromatic carbocycles. The van der Waals surface area contributed by atoms with E-state index in [-0.39, 0.29) is 34.1 Å². The van der Waals surface area contributed by atoms with Crippen LogP contribution in [0.3, 0.4) is 0 Å². The van der Waals surface area contributed by atoms with Crippen LogP contribution in [-0.2, 0) is 12.7 Å². The molecule has 0 bridgehead atoms. The minimum absolute atomic E-state index is 0.110. The monoisotopic (exact) mass is 586 g/mol. The summed E-state index contributed by atoms with van der Waals surface area (Å²) in [5.74, 6) is -1.11. The Hall–Kier alpha value is -4.34. The van der Waals surface area contributed by atoms with Gasteiger partial charge in [-0.1, -0.05) is 0 Å². The molecule has 0 aliphatic heterocycles. The molecule has 0 amide bonds. The molecule has 9 nitrogen and oxygen atoms in total. The van der Waals surface area contributed by atoms with Gasteiger partial charge >= 0.3 is 6.18 Å². The molecule has 0 spiro atoms. The maximum absolute atomic E-state index is 14.9. The van der Waals surface area contributed by atoms with Gasteiger partial charge in [0, 0.05) is 36.6 Å². The van der Waals surface area contributed by atoms with Gasteiger partial charge in [-0.2, -0.15) is 18.3 Å². The highest BCUT2D eigenvalue weighted by Crippen LogP contribution is 2.32. The van der Waals surface area contributed by atoms with Crippen LogP contribution in [0.2, 0.25) is 0 Å². The first-order chi connectivity index (χ1) is 19.3. The minimum atomic E-state index is -4.98. The number of aromatic nitrogens is 5. The third kappa shape index (κ3) is 6.53. The molecule has 218 valence electrons. The second-order valence-corrected chi connectivity index (χ2v) is 9.18. The second-order valence-electron chi connectivity index (χ2n) is 9.18. The van der Waals surface area contributed by atoms with Crippen LogP contribution in [0, 0.1) is 5.82 Å². The minimum Gasteiger partial charge on any atom is -0.382 e. The molecule has 0 fully saturated rings. The number of benzene rings is 1. The summed E-state index contributed by atoms with van der Waals surface area (Å²) in [4.78, 5) is 32.2. The molecule has 4 rings (SSSR count). The number of hydrogen-bond donors (Lipinski definition) is 3. The molecular formula is C25H21F7N6O3. The van der Waals surface area contributed by atoms with Gasteiger partial charge in [0.05, 0.1) is 29.4 Å². The van der Waals surface area contributed by atoms with Crippen LogP contribution in [0.25, 0.3) is 22.2 Å². The van der Waals surface area contributed by atoms with Gasteiger partial charge in [0.1, 0.15) is 23.7 Å². The number of pyridine rings is 1. The number of rotatable bonds is 9. The Morgan fingerprint density at radius 2 is 1.78 bits per heavy atom. The van der Waals surface area contributed by atoms with Crippen molar-refractivity contribution < 1.29 is 35.8 Å². The van der Waals surface area contributed by atoms with Crippen LogP contribution >= 0.6 is 0 Å². The average Bonchev–Trinajstić information content (AvgIpc) is 2.89. The van der Waals surface area contributed by atoms with E-state index in [1.54, 1.807) is 5.10 Å². The van der Waals surface area contributed by atoms with Crippen LogP contribution in [-0.4, -0.2) is 48.5 Å². The van der Waals surface area contributed by atoms with E-state index in [2.05, 4.69) is 20.4 Å². The first-order valence-electron chi connectivity index (χ1n) is 11.9. The highest BCUT2D eigenvalue weighted by Gasteiger charge is 2.37. The zero-order valence-electron chi connectivity index (χ0n) is 21.0. The van der Waals surface area contributed by atoms with Crippen molar-refractivity contribution in [3.63, 3.8) is 0 Å². The smallest absolute Gasteiger partial charge is 0.382 e. The summed E-state index contributed by atoms with van der Waals surface area (Å²) in [5.41, 5.74) is -4.76. The highest BCUT2D eigenvalue weighted by atomic mass is 19.4. The summed E-state index contributed by atoms with van der Waals surface area (Å²) < 4.78 is 95.8. The molecular weight excluding hydrogens is 565 g/mol. The SMILES string of the molecule is C[C@H](C[C@H](F)Cn1ccc2cc(-c3ncc([C@@H](O)C(F)F)cn3)c(F)cc2c1=O)Nc1cn[nH]c(=O)c1C(F)(F)F. The standard InChI is InChI=1S/C25H21F7N6O3/c1-11(36-18-9-35-37-23(40)19(18)25(30,31)32)4-14(26)10-38-3-2-12-5-16(17(27)6-15(12)24(38)41)22-33-7-13(8-34-22)20(39)21(28)29/h2-3,5-9,11,14,20-21,39H,4,10H2,1H3,(H2,36,37,40)/t11-,14+,20-/m1/s1. The lowest BCUT2D eigenvalue weighted by Crippen LogP contribution is -2.30. The lowest BCUT2D eigenvalue weighted by atomic mass is 10.1. The van der Waals surface area contributed by atoms with Gasteiger partial charge in [0.15, 0.2) is 5.82 Å². The summed E-state index contributed by atoms with van der Waals surface area (Å²) in [6.45, 7) is 0.887. The quantitative estimate of drug-likeness (QED) is 0.251. The van der Waals surface area contributed by atoms with Gasteiger partial charge in [0.25, 0.3) is 17.5 Å². The topological polar surface area (TPSA) is 126 Å². The molecule has 0 aliphatic carbocycles. The summed E-state index contributed by atoms with van der Waals surface area (Å²) in [7, 11) is 0. The van der Waals surface area contributed by atoms with Crippen LogP contribution < -0.4 is 16.4 Å². The van der Waals surface area contributed by atoms with E-state index >= 15 is 0 Å². The number of nitrogens with one attached hydrogen (secondary N) is 2. The van der Waals surface area contributed by atoms with Crippen molar-refractivity contribution in [3.05, 3.63) is 80.6 Å². The van der Waals surface area contributed by atoms with E-state index in [0.29, 0.717) is 0 Å². The number of aromatic amines is 1. The molecule has 3 heterocycles. The van der Waals surface area contributed by atoms with Crippen LogP contribution in [0.5, 0.6) is 0 Å². The normalized spacial score (nSPS) is 14.3. The molecule has 3 N–H and O–H groups in total. The molecule has 0 radical (unpaired) electrons. The van der Waals surface area contributed by atoms with Crippen molar-refractivity contribution >= 4 is 16.5 Å². The first-order valence-corrected chi connectivity index (χ1v) is 11.9. The first kappa shape index (κ1) is 29.6. The maximum atomic E-state index is 14.9. The zero-order valence-corrected chi connectivity index (χ0v) is 21.0. The third-order valence-corrected chi connectivity index (χ3v) is 6.10. The number of alkyl halides is 6. The molecule has 0 unspecified atom stereocenters. The fourth-order valence-electron chi connectivity index (χ4n) is 4.18. The molecule has 0 saturated carbocycles. The Bertz CT molecular complexity index is 1660. The van der Waals surface area contributed by atoms with Gasteiger partial charge in [-0.3, -0.25) is 9.59 Å². The van der Waals surface area contributed by atoms with E-state index in [0.717, 1.165) is 29.2 Å². The number of fused-ring (bicyclic) bond motifs is 1. The Kier molecular flexibility index (Phi) is 8.42. The van der Waals surface area contributed by atoms with Gasteiger partial charge in [-0.15, -0.1) is 0 Å². The molecule has 41 heavy (non-hydrogen) atoms. The van der Waals surface area contributed by atoms with E-state index < -0.39 is 65.7 Å². The Labute approximate surface area is 225 Å². The van der Waals surface area contributed by atoms with E-state index in [4.69, 9.17) is 0 Å². The maximum Gasteiger partial charge on any atom is 0.423 e. The van der Waals surface area contributed by atoms with Crippen molar-refractivity contribution in [1.29, 1.82) is 0 Å². The molecule has 0 aliphatic rings. The molecule has 0 saturated heterocycles. The Balaban J connectivity index is 1.50. The summed E-state index contributed by atoms with van der Waals surface area (Å²) >= 11 is 0. The van der Waals surface area contributed by atoms with Crippen molar-refractivity contribution in [1.82, 2.24) is 24.7 Å². The predicted octanol–water partition coefficient (Wildman–Crippen LogP) is 4.23. The average molecular weight is 586 g/mol. The van der Waals surface area contributed by atoms with E-state index in [9.17, 15) is 45.4 Å². The van der Waals surface area contributed by atoms with Crippen molar-refractivity contribution in [3.8, 4) is 11.4 Å². The fourth-order valence-corrected chi connectivity index (χ4v) is 4.18. The summed E-state index contributed by atoms with van der Waals surface area (Å²) in [6, 6.07) is 2.64. The number of aliphatic hydroxyl groups excluding tert-OH is 1. The predicted molar refractivity (Wildman–Crippen MR) is 133 cm³/mol. The van der Waals surface area contributed by atoms with E-state index in [1.165, 1.54) is 25.3 Å². The summed E-state index contributed by atoms with van der Waals surface area (Å²) in [6.07, 6.45) is -8.37. The Morgan fingerprint density at radius 3 is 2.41 bits per heavy atom. The van der Waals surface area contributed by atoms with Gasteiger partial charge < -0.3 is 15.0 Å². The largest absolute Gasteiger partial charge is 0.423 e. The van der Waals surface area contributed by atoms with Crippen molar-refractivity contribution in [2.75, 3.05) is 5.32 Å². The van der Waals surface area contributed by atoms with Gasteiger partial charge in [0.2, 0.25) is 0 Å². The highest BCUT2D eigenvalue weighted by molar-refractivity contribution is 5.86. The molecule has 4 aromatic rings. The molecule has 3 atom stereocenters. The third-order valence-electron chi connectivity index (χ3n) is 6.10. The zero-order chi connectivity index (χ0) is 30.1. The number of hydrogen-bond acceptors (Lipinski definition) is 7. The number of aliphatic hydroxyl groups is 1. The lowest BCUT2D eigenvalue weighted by molar-refractivity contribution is -0.138.